The highest BCUT2D eigenvalue weighted by atomic mass is 32.1. The molecule has 152 valence electrons. The van der Waals surface area contributed by atoms with Crippen molar-refractivity contribution in [1.82, 2.24) is 15.2 Å². The van der Waals surface area contributed by atoms with Crippen LogP contribution in [0.4, 0.5) is 10.8 Å². The second kappa shape index (κ2) is 8.68. The summed E-state index contributed by atoms with van der Waals surface area (Å²) in [6.07, 6.45) is 0.806. The summed E-state index contributed by atoms with van der Waals surface area (Å²) >= 11 is 2.94. The van der Waals surface area contributed by atoms with Gasteiger partial charge in [-0.05, 0) is 17.9 Å². The Balaban J connectivity index is 1.76. The molecule has 2 atom stereocenters. The Bertz CT molecular complexity index is 1140. The molecule has 4 aromatic rings. The number of nitro groups is 1. The minimum Gasteiger partial charge on any atom is -0.374 e. The monoisotopic (exact) mass is 437 g/mol. The maximum absolute atomic E-state index is 11.0. The lowest BCUT2D eigenvalue weighted by molar-refractivity contribution is -0.384. The summed E-state index contributed by atoms with van der Waals surface area (Å²) in [5.41, 5.74) is 8.91. The second-order valence-corrected chi connectivity index (χ2v) is 8.66. The predicted molar refractivity (Wildman–Crippen MR) is 120 cm³/mol. The van der Waals surface area contributed by atoms with Gasteiger partial charge in [0.2, 0.25) is 5.13 Å². The van der Waals surface area contributed by atoms with Crippen molar-refractivity contribution >= 4 is 33.5 Å². The minimum atomic E-state index is -0.389. The largest absolute Gasteiger partial charge is 0.374 e. The van der Waals surface area contributed by atoms with E-state index >= 15 is 0 Å². The van der Waals surface area contributed by atoms with Crippen LogP contribution in [-0.2, 0) is 0 Å². The number of nitrogens with two attached hydrogens (primary N) is 1. The number of nitrogens with zero attached hydrogens (tertiary/aromatic N) is 4. The molecule has 0 amide bonds. The molecule has 2 aromatic heterocycles. The van der Waals surface area contributed by atoms with Crippen molar-refractivity contribution in [3.8, 4) is 10.6 Å². The van der Waals surface area contributed by atoms with Gasteiger partial charge in [-0.1, -0.05) is 60.7 Å². The number of hydrogen-bond donors (Lipinski definition) is 1. The third kappa shape index (κ3) is 4.07. The normalized spacial score (nSPS) is 13.1. The van der Waals surface area contributed by atoms with Crippen LogP contribution in [0.25, 0.3) is 10.6 Å². The van der Waals surface area contributed by atoms with E-state index in [0.29, 0.717) is 5.13 Å². The second-order valence-electron chi connectivity index (χ2n) is 6.76. The SMILES string of the molecule is CC[C@H](c1ccc([N+](=O)[O-])cc1)[C@@H](c1csc(-c2ccccc2)n1)c1nnc(N)s1. The lowest BCUT2D eigenvalue weighted by Crippen LogP contribution is -2.13. The molecule has 0 spiro atoms. The quantitative estimate of drug-likeness (QED) is 0.303. The molecular formula is C21H19N5O2S2. The molecule has 0 bridgehead atoms. The van der Waals surface area contributed by atoms with E-state index in [-0.39, 0.29) is 22.4 Å². The van der Waals surface area contributed by atoms with E-state index in [9.17, 15) is 10.1 Å². The number of rotatable bonds is 7. The smallest absolute Gasteiger partial charge is 0.269 e. The minimum absolute atomic E-state index is 0.0314. The molecule has 7 nitrogen and oxygen atoms in total. The van der Waals surface area contributed by atoms with Crippen molar-refractivity contribution < 1.29 is 4.92 Å². The van der Waals surface area contributed by atoms with Crippen molar-refractivity contribution in [2.24, 2.45) is 0 Å². The first kappa shape index (κ1) is 20.1. The maximum Gasteiger partial charge on any atom is 0.269 e. The van der Waals surface area contributed by atoms with Crippen molar-refractivity contribution in [3.63, 3.8) is 0 Å². The number of benzene rings is 2. The summed E-state index contributed by atoms with van der Waals surface area (Å²) in [5, 5.41) is 23.6. The Labute approximate surface area is 181 Å². The molecule has 0 aliphatic carbocycles. The first-order valence-corrected chi connectivity index (χ1v) is 11.1. The van der Waals surface area contributed by atoms with Gasteiger partial charge in [0.05, 0.1) is 16.5 Å². The third-order valence-electron chi connectivity index (χ3n) is 4.96. The van der Waals surface area contributed by atoms with E-state index in [1.807, 2.05) is 42.5 Å². The van der Waals surface area contributed by atoms with E-state index in [1.165, 1.54) is 11.3 Å². The van der Waals surface area contributed by atoms with Crippen molar-refractivity contribution in [3.05, 3.63) is 86.4 Å². The van der Waals surface area contributed by atoms with Gasteiger partial charge in [-0.15, -0.1) is 21.5 Å². The Hall–Kier alpha value is -3.17. The van der Waals surface area contributed by atoms with Crippen LogP contribution in [0.2, 0.25) is 0 Å². The third-order valence-corrected chi connectivity index (χ3v) is 6.70. The van der Waals surface area contributed by atoms with Crippen LogP contribution in [0.1, 0.15) is 41.4 Å². The number of hydrogen-bond acceptors (Lipinski definition) is 8. The Morgan fingerprint density at radius 3 is 2.43 bits per heavy atom. The first-order chi connectivity index (χ1) is 14.6. The van der Waals surface area contributed by atoms with Crippen LogP contribution >= 0.6 is 22.7 Å². The highest BCUT2D eigenvalue weighted by Crippen LogP contribution is 2.43. The Morgan fingerprint density at radius 1 is 1.10 bits per heavy atom. The molecule has 4 rings (SSSR count). The van der Waals surface area contributed by atoms with Gasteiger partial charge in [-0.25, -0.2) is 4.98 Å². The molecule has 0 radical (unpaired) electrons. The fraction of sp³-hybridized carbons (Fsp3) is 0.190. The van der Waals surface area contributed by atoms with E-state index in [2.05, 4.69) is 22.5 Å². The van der Waals surface area contributed by atoms with Crippen LogP contribution in [0.5, 0.6) is 0 Å². The van der Waals surface area contributed by atoms with Gasteiger partial charge < -0.3 is 5.73 Å². The molecule has 0 unspecified atom stereocenters. The van der Waals surface area contributed by atoms with Crippen molar-refractivity contribution in [1.29, 1.82) is 0 Å². The number of non-ortho nitro benzene ring substituents is 1. The van der Waals surface area contributed by atoms with E-state index in [4.69, 9.17) is 10.7 Å². The lowest BCUT2D eigenvalue weighted by atomic mass is 9.82. The molecular weight excluding hydrogens is 418 g/mol. The molecule has 2 aromatic carbocycles. The molecule has 0 aliphatic heterocycles. The maximum atomic E-state index is 11.0. The van der Waals surface area contributed by atoms with Gasteiger partial charge in [0.1, 0.15) is 10.0 Å². The van der Waals surface area contributed by atoms with Crippen molar-refractivity contribution in [2.45, 2.75) is 25.2 Å². The number of aromatic nitrogens is 3. The number of nitro benzene ring substituents is 1. The Kier molecular flexibility index (Phi) is 5.82. The zero-order chi connectivity index (χ0) is 21.1. The van der Waals surface area contributed by atoms with Gasteiger partial charge in [0, 0.05) is 23.1 Å². The van der Waals surface area contributed by atoms with Crippen LogP contribution < -0.4 is 5.73 Å². The van der Waals surface area contributed by atoms with Crippen LogP contribution in [0.3, 0.4) is 0 Å². The standard InChI is InChI=1S/C21H19N5O2S2/c1-2-16(13-8-10-15(11-9-13)26(27)28)18(20-24-25-21(22)30-20)17-12-29-19(23-17)14-6-4-3-5-7-14/h3-12,16,18H,2H2,1H3,(H2,22,25)/t16-,18+/m1/s1. The van der Waals surface area contributed by atoms with E-state index in [0.717, 1.165) is 33.3 Å². The van der Waals surface area contributed by atoms with E-state index in [1.54, 1.807) is 23.5 Å². The summed E-state index contributed by atoms with van der Waals surface area (Å²) in [7, 11) is 0. The summed E-state index contributed by atoms with van der Waals surface area (Å²) < 4.78 is 0. The fourth-order valence-electron chi connectivity index (χ4n) is 3.53. The predicted octanol–water partition coefficient (Wildman–Crippen LogP) is 5.48. The summed E-state index contributed by atoms with van der Waals surface area (Å²) in [6.45, 7) is 2.09. The van der Waals surface area contributed by atoms with Crippen LogP contribution in [-0.4, -0.2) is 20.1 Å². The fourth-order valence-corrected chi connectivity index (χ4v) is 5.18. The lowest BCUT2D eigenvalue weighted by Gasteiger charge is -2.23. The number of anilines is 1. The average Bonchev–Trinajstić information content (AvgIpc) is 3.42. The Morgan fingerprint density at radius 2 is 1.83 bits per heavy atom. The summed E-state index contributed by atoms with van der Waals surface area (Å²) in [5.74, 6) is -0.108. The molecule has 0 saturated carbocycles. The first-order valence-electron chi connectivity index (χ1n) is 9.41. The van der Waals surface area contributed by atoms with Gasteiger partial charge in [-0.3, -0.25) is 10.1 Å². The van der Waals surface area contributed by atoms with Crippen LogP contribution in [0.15, 0.2) is 60.0 Å². The molecule has 9 heteroatoms. The highest BCUT2D eigenvalue weighted by Gasteiger charge is 2.31. The zero-order valence-corrected chi connectivity index (χ0v) is 17.8. The topological polar surface area (TPSA) is 108 Å². The summed E-state index contributed by atoms with van der Waals surface area (Å²) in [6, 6.07) is 16.7. The van der Waals surface area contributed by atoms with Gasteiger partial charge >= 0.3 is 0 Å². The molecule has 2 N–H and O–H groups in total. The number of nitrogen functional groups attached to an aromatic ring is 1. The van der Waals surface area contributed by atoms with E-state index < -0.39 is 0 Å². The molecule has 0 fully saturated rings. The van der Waals surface area contributed by atoms with Gasteiger partial charge in [0.15, 0.2) is 0 Å². The summed E-state index contributed by atoms with van der Waals surface area (Å²) in [4.78, 5) is 15.6. The average molecular weight is 438 g/mol. The molecule has 2 heterocycles. The highest BCUT2D eigenvalue weighted by molar-refractivity contribution is 7.15. The van der Waals surface area contributed by atoms with Crippen molar-refractivity contribution in [2.75, 3.05) is 5.73 Å². The molecule has 0 saturated heterocycles. The number of thiazole rings is 1. The molecule has 0 aliphatic rings. The van der Waals surface area contributed by atoms with Crippen LogP contribution in [0, 0.1) is 10.1 Å². The van der Waals surface area contributed by atoms with Gasteiger partial charge in [0.25, 0.3) is 5.69 Å². The van der Waals surface area contributed by atoms with Gasteiger partial charge in [-0.2, -0.15) is 0 Å². The zero-order valence-electron chi connectivity index (χ0n) is 16.1. The molecule has 30 heavy (non-hydrogen) atoms.